The van der Waals surface area contributed by atoms with Crippen LogP contribution in [0.25, 0.3) is 5.52 Å². The predicted molar refractivity (Wildman–Crippen MR) is 83.5 cm³/mol. The lowest BCUT2D eigenvalue weighted by atomic mass is 10.1. The highest BCUT2D eigenvalue weighted by Gasteiger charge is 2.09. The largest absolute Gasteiger partial charge is 0.368 e. The van der Waals surface area contributed by atoms with E-state index in [-0.39, 0.29) is 0 Å². The summed E-state index contributed by atoms with van der Waals surface area (Å²) < 4.78 is 1.88. The molecule has 0 fully saturated rings. The van der Waals surface area contributed by atoms with Gasteiger partial charge in [0.1, 0.15) is 5.52 Å². The standard InChI is InChI=1S/C16H19N5/c1-12(2)14-10-15-16(19-8-9-21(15)20-14)18-7-5-13-4-3-6-17-11-13/h3-4,6,8-12H,5,7H2,1-2H3,(H,18,19). The van der Waals surface area contributed by atoms with Crippen molar-refractivity contribution in [1.29, 1.82) is 0 Å². The van der Waals surface area contributed by atoms with Crippen LogP contribution < -0.4 is 5.32 Å². The first-order chi connectivity index (χ1) is 10.2. The lowest BCUT2D eigenvalue weighted by molar-refractivity contribution is 0.787. The van der Waals surface area contributed by atoms with Crippen molar-refractivity contribution in [2.75, 3.05) is 11.9 Å². The van der Waals surface area contributed by atoms with E-state index in [2.05, 4.69) is 46.4 Å². The Labute approximate surface area is 124 Å². The zero-order valence-corrected chi connectivity index (χ0v) is 12.3. The van der Waals surface area contributed by atoms with Crippen molar-refractivity contribution in [2.45, 2.75) is 26.2 Å². The van der Waals surface area contributed by atoms with Crippen LogP contribution in [0.3, 0.4) is 0 Å². The summed E-state index contributed by atoms with van der Waals surface area (Å²) in [5.41, 5.74) is 3.32. The van der Waals surface area contributed by atoms with E-state index in [9.17, 15) is 0 Å². The van der Waals surface area contributed by atoms with Gasteiger partial charge in [-0.2, -0.15) is 5.10 Å². The molecular weight excluding hydrogens is 262 g/mol. The fourth-order valence-corrected chi connectivity index (χ4v) is 2.23. The van der Waals surface area contributed by atoms with Crippen LogP contribution >= 0.6 is 0 Å². The first-order valence-corrected chi connectivity index (χ1v) is 7.21. The van der Waals surface area contributed by atoms with E-state index in [4.69, 9.17) is 0 Å². The molecular formula is C16H19N5. The van der Waals surface area contributed by atoms with Gasteiger partial charge < -0.3 is 5.32 Å². The molecule has 3 heterocycles. The van der Waals surface area contributed by atoms with E-state index in [1.54, 1.807) is 12.4 Å². The molecule has 0 aliphatic heterocycles. The second-order valence-electron chi connectivity index (χ2n) is 5.37. The van der Waals surface area contributed by atoms with E-state index in [0.29, 0.717) is 5.92 Å². The SMILES string of the molecule is CC(C)c1cc2c(NCCc3cccnc3)nccn2n1. The number of hydrogen-bond donors (Lipinski definition) is 1. The van der Waals surface area contributed by atoms with Gasteiger partial charge in [0, 0.05) is 31.3 Å². The molecule has 0 aliphatic rings. The number of fused-ring (bicyclic) bond motifs is 1. The zero-order valence-electron chi connectivity index (χ0n) is 12.3. The van der Waals surface area contributed by atoms with E-state index < -0.39 is 0 Å². The molecule has 0 saturated carbocycles. The monoisotopic (exact) mass is 281 g/mol. The molecule has 5 nitrogen and oxygen atoms in total. The number of nitrogens with zero attached hydrogens (tertiary/aromatic N) is 4. The summed E-state index contributed by atoms with van der Waals surface area (Å²) in [6, 6.07) is 6.14. The van der Waals surface area contributed by atoms with Crippen LogP contribution in [-0.4, -0.2) is 26.1 Å². The molecule has 0 saturated heterocycles. The van der Waals surface area contributed by atoms with E-state index in [1.165, 1.54) is 5.56 Å². The normalized spacial score (nSPS) is 11.2. The van der Waals surface area contributed by atoms with Gasteiger partial charge in [0.05, 0.1) is 5.69 Å². The second-order valence-corrected chi connectivity index (χ2v) is 5.37. The molecule has 0 amide bonds. The van der Waals surface area contributed by atoms with Gasteiger partial charge >= 0.3 is 0 Å². The summed E-state index contributed by atoms with van der Waals surface area (Å²) in [6.45, 7) is 5.11. The fraction of sp³-hybridized carbons (Fsp3) is 0.312. The maximum absolute atomic E-state index is 4.57. The second kappa shape index (κ2) is 5.91. The first kappa shape index (κ1) is 13.5. The summed E-state index contributed by atoms with van der Waals surface area (Å²) in [6.07, 6.45) is 8.26. The Morgan fingerprint density at radius 1 is 1.29 bits per heavy atom. The first-order valence-electron chi connectivity index (χ1n) is 7.21. The lowest BCUT2D eigenvalue weighted by Gasteiger charge is -2.06. The minimum absolute atomic E-state index is 0.410. The highest BCUT2D eigenvalue weighted by Crippen LogP contribution is 2.19. The van der Waals surface area contributed by atoms with Crippen molar-refractivity contribution in [1.82, 2.24) is 19.6 Å². The number of nitrogens with one attached hydrogen (secondary N) is 1. The van der Waals surface area contributed by atoms with Gasteiger partial charge in [-0.3, -0.25) is 4.98 Å². The van der Waals surface area contributed by atoms with Crippen LogP contribution in [0.2, 0.25) is 0 Å². The molecule has 0 aromatic carbocycles. The molecule has 0 aliphatic carbocycles. The maximum atomic E-state index is 4.57. The number of aromatic nitrogens is 4. The molecule has 0 spiro atoms. The third-order valence-corrected chi connectivity index (χ3v) is 3.43. The Hall–Kier alpha value is -2.43. The van der Waals surface area contributed by atoms with Crippen LogP contribution in [0.15, 0.2) is 43.0 Å². The Balaban J connectivity index is 1.74. The van der Waals surface area contributed by atoms with Gasteiger partial charge in [-0.25, -0.2) is 9.50 Å². The maximum Gasteiger partial charge on any atom is 0.152 e. The smallest absolute Gasteiger partial charge is 0.152 e. The molecule has 0 unspecified atom stereocenters. The van der Waals surface area contributed by atoms with E-state index in [0.717, 1.165) is 30.0 Å². The summed E-state index contributed by atoms with van der Waals surface area (Å²) >= 11 is 0. The molecule has 0 radical (unpaired) electrons. The molecule has 5 heteroatoms. The van der Waals surface area contributed by atoms with E-state index in [1.807, 2.05) is 23.0 Å². The van der Waals surface area contributed by atoms with Crippen molar-refractivity contribution >= 4 is 11.3 Å². The number of rotatable bonds is 5. The number of hydrogen-bond acceptors (Lipinski definition) is 4. The number of pyridine rings is 1. The van der Waals surface area contributed by atoms with Crippen molar-refractivity contribution < 1.29 is 0 Å². The average molecular weight is 281 g/mol. The molecule has 3 aromatic rings. The minimum Gasteiger partial charge on any atom is -0.368 e. The Kier molecular flexibility index (Phi) is 3.81. The van der Waals surface area contributed by atoms with Gasteiger partial charge in [0.15, 0.2) is 5.82 Å². The fourth-order valence-electron chi connectivity index (χ4n) is 2.23. The van der Waals surface area contributed by atoms with Gasteiger partial charge in [0.2, 0.25) is 0 Å². The number of anilines is 1. The Morgan fingerprint density at radius 3 is 2.95 bits per heavy atom. The third kappa shape index (κ3) is 3.02. The molecule has 3 rings (SSSR count). The topological polar surface area (TPSA) is 55.1 Å². The minimum atomic E-state index is 0.410. The third-order valence-electron chi connectivity index (χ3n) is 3.43. The van der Waals surface area contributed by atoms with Crippen molar-refractivity contribution in [3.8, 4) is 0 Å². The molecule has 3 aromatic heterocycles. The van der Waals surface area contributed by atoms with Gasteiger partial charge in [-0.05, 0) is 30.0 Å². The van der Waals surface area contributed by atoms with Crippen molar-refractivity contribution in [3.05, 3.63) is 54.2 Å². The molecule has 1 N–H and O–H groups in total. The summed E-state index contributed by atoms with van der Waals surface area (Å²) in [5.74, 6) is 1.29. The Bertz CT molecular complexity index is 718. The highest BCUT2D eigenvalue weighted by molar-refractivity contribution is 5.67. The Morgan fingerprint density at radius 2 is 2.19 bits per heavy atom. The highest BCUT2D eigenvalue weighted by atomic mass is 15.2. The van der Waals surface area contributed by atoms with Crippen LogP contribution in [0.4, 0.5) is 5.82 Å². The van der Waals surface area contributed by atoms with Gasteiger partial charge in [0.25, 0.3) is 0 Å². The van der Waals surface area contributed by atoms with Gasteiger partial charge in [-0.15, -0.1) is 0 Å². The molecule has 108 valence electrons. The quantitative estimate of drug-likeness (QED) is 0.781. The molecule has 0 bridgehead atoms. The lowest BCUT2D eigenvalue weighted by Crippen LogP contribution is -2.07. The zero-order chi connectivity index (χ0) is 14.7. The van der Waals surface area contributed by atoms with Crippen LogP contribution in [0.5, 0.6) is 0 Å². The van der Waals surface area contributed by atoms with E-state index >= 15 is 0 Å². The predicted octanol–water partition coefficient (Wildman–Crippen LogP) is 2.90. The summed E-state index contributed by atoms with van der Waals surface area (Å²) in [4.78, 5) is 8.55. The summed E-state index contributed by atoms with van der Waals surface area (Å²) in [7, 11) is 0. The van der Waals surface area contributed by atoms with Gasteiger partial charge in [-0.1, -0.05) is 19.9 Å². The average Bonchev–Trinajstić information content (AvgIpc) is 2.94. The van der Waals surface area contributed by atoms with Crippen molar-refractivity contribution in [2.24, 2.45) is 0 Å². The molecule has 21 heavy (non-hydrogen) atoms. The van der Waals surface area contributed by atoms with Crippen LogP contribution in [0, 0.1) is 0 Å². The van der Waals surface area contributed by atoms with Crippen LogP contribution in [-0.2, 0) is 6.42 Å². The van der Waals surface area contributed by atoms with Crippen molar-refractivity contribution in [3.63, 3.8) is 0 Å². The molecule has 0 atom stereocenters. The summed E-state index contributed by atoms with van der Waals surface area (Å²) in [5, 5.41) is 7.95. The van der Waals surface area contributed by atoms with Crippen LogP contribution in [0.1, 0.15) is 31.0 Å².